The molecule has 0 saturated heterocycles. The Balaban J connectivity index is 0.000000260. The number of ether oxygens (including phenoxy) is 2. The highest BCUT2D eigenvalue weighted by Crippen LogP contribution is 2.25. The number of carboxylic acids is 2. The predicted octanol–water partition coefficient (Wildman–Crippen LogP) is 6.04. The molecular weight excluding hydrogens is 759 g/mol. The van der Waals surface area contributed by atoms with Gasteiger partial charge in [0.2, 0.25) is 0 Å². The zero-order chi connectivity index (χ0) is 35.4. The fourth-order valence-electron chi connectivity index (χ4n) is 4.26. The minimum absolute atomic E-state index is 0.0504. The van der Waals surface area contributed by atoms with Crippen molar-refractivity contribution >= 4 is 55.6 Å². The van der Waals surface area contributed by atoms with Crippen molar-refractivity contribution < 1.29 is 43.3 Å². The number of carbonyl (C=O) groups is 4. The number of nitrogens with zero attached hydrogens (tertiary/aromatic N) is 2. The molecule has 4 N–H and O–H groups in total. The number of aryl methyl sites for hydroxylation is 1. The van der Waals surface area contributed by atoms with Crippen LogP contribution in [0.5, 0.6) is 11.5 Å². The maximum Gasteiger partial charge on any atom is 0.305 e. The van der Waals surface area contributed by atoms with E-state index in [0.717, 1.165) is 11.1 Å². The minimum Gasteiger partial charge on any atom is -0.494 e. The van der Waals surface area contributed by atoms with E-state index in [2.05, 4.69) is 52.5 Å². The highest BCUT2D eigenvalue weighted by molar-refractivity contribution is 9.10. The third-order valence-corrected chi connectivity index (χ3v) is 7.80. The molecular formula is C33H31Br2FN4O8. The fourth-order valence-corrected chi connectivity index (χ4v) is 5.23. The molecule has 0 fully saturated rings. The second-order valence-corrected chi connectivity index (χ2v) is 11.6. The molecule has 15 heteroatoms. The van der Waals surface area contributed by atoms with E-state index in [0.29, 0.717) is 20.7 Å². The van der Waals surface area contributed by atoms with Crippen molar-refractivity contribution in [3.05, 3.63) is 116 Å². The number of methoxy groups -OCH3 is 2. The van der Waals surface area contributed by atoms with Crippen LogP contribution in [-0.4, -0.2) is 58.2 Å². The number of amides is 2. The molecule has 2 heterocycles. The summed E-state index contributed by atoms with van der Waals surface area (Å²) < 4.78 is 24.8. The van der Waals surface area contributed by atoms with Gasteiger partial charge in [-0.05, 0) is 74.7 Å². The summed E-state index contributed by atoms with van der Waals surface area (Å²) in [7, 11) is 2.96. The molecule has 2 atom stereocenters. The standard InChI is InChI=1S/C17H17BrN2O4.C16H14BrFN2O4/c1-10-3-5-11(6-4-10)13(9-15(21)22)20-17(23)12-7-8-14(24-2)16(18)19-12;1-24-13-7-6-11(19-15(13)17)16(23)20-12(8-14(21)22)9-4-2-3-5-10(9)18/h3-8,13H,9H2,1-2H3,(H,20,23)(H,21,22);2-7,12H,8H2,1H3,(H,20,23)(H,21,22)/t13-;12-/m00/s1. The summed E-state index contributed by atoms with van der Waals surface area (Å²) in [6.45, 7) is 1.94. The van der Waals surface area contributed by atoms with E-state index in [9.17, 15) is 23.6 Å². The number of benzene rings is 2. The zero-order valence-corrected chi connectivity index (χ0v) is 29.0. The molecule has 0 bridgehead atoms. The molecule has 0 aliphatic carbocycles. The molecule has 2 aromatic carbocycles. The molecule has 4 aromatic rings. The average Bonchev–Trinajstić information content (AvgIpc) is 3.04. The summed E-state index contributed by atoms with van der Waals surface area (Å²) in [4.78, 5) is 55.0. The normalized spacial score (nSPS) is 11.6. The molecule has 2 amide bonds. The highest BCUT2D eigenvalue weighted by Gasteiger charge is 2.23. The maximum absolute atomic E-state index is 13.9. The van der Waals surface area contributed by atoms with Crippen molar-refractivity contribution in [1.29, 1.82) is 0 Å². The Labute approximate surface area is 292 Å². The number of nitrogens with one attached hydrogen (secondary N) is 2. The lowest BCUT2D eigenvalue weighted by molar-refractivity contribution is -0.138. The largest absolute Gasteiger partial charge is 0.494 e. The maximum atomic E-state index is 13.9. The second-order valence-electron chi connectivity index (χ2n) is 10.1. The molecule has 48 heavy (non-hydrogen) atoms. The highest BCUT2D eigenvalue weighted by atomic mass is 79.9. The van der Waals surface area contributed by atoms with Gasteiger partial charge < -0.3 is 30.3 Å². The Kier molecular flexibility index (Phi) is 14.0. The number of hydrogen-bond donors (Lipinski definition) is 4. The van der Waals surface area contributed by atoms with E-state index < -0.39 is 48.1 Å². The van der Waals surface area contributed by atoms with E-state index in [4.69, 9.17) is 19.7 Å². The Morgan fingerprint density at radius 2 is 1.19 bits per heavy atom. The van der Waals surface area contributed by atoms with Gasteiger partial charge in [-0.3, -0.25) is 19.2 Å². The molecule has 0 aliphatic heterocycles. The van der Waals surface area contributed by atoms with Gasteiger partial charge in [0, 0.05) is 5.56 Å². The van der Waals surface area contributed by atoms with E-state index in [1.54, 1.807) is 30.3 Å². The van der Waals surface area contributed by atoms with Crippen LogP contribution in [0.4, 0.5) is 4.39 Å². The second kappa shape index (κ2) is 17.9. The lowest BCUT2D eigenvalue weighted by Gasteiger charge is -2.18. The first-order chi connectivity index (χ1) is 22.8. The van der Waals surface area contributed by atoms with Crippen LogP contribution in [0.1, 0.15) is 62.6 Å². The Morgan fingerprint density at radius 3 is 1.62 bits per heavy atom. The van der Waals surface area contributed by atoms with Crippen LogP contribution in [0.25, 0.3) is 0 Å². The summed E-state index contributed by atoms with van der Waals surface area (Å²) in [5, 5.41) is 23.3. The smallest absolute Gasteiger partial charge is 0.305 e. The molecule has 252 valence electrons. The van der Waals surface area contributed by atoms with E-state index >= 15 is 0 Å². The first kappa shape index (κ1) is 37.6. The van der Waals surface area contributed by atoms with Crippen molar-refractivity contribution in [3.8, 4) is 11.5 Å². The number of carboxylic acid groups (broad SMARTS) is 2. The molecule has 0 radical (unpaired) electrons. The van der Waals surface area contributed by atoms with Gasteiger partial charge in [-0.1, -0.05) is 48.0 Å². The molecule has 4 rings (SSSR count). The molecule has 0 saturated carbocycles. The van der Waals surface area contributed by atoms with Gasteiger partial charge in [-0.15, -0.1) is 0 Å². The van der Waals surface area contributed by atoms with Gasteiger partial charge in [0.05, 0.1) is 39.1 Å². The predicted molar refractivity (Wildman–Crippen MR) is 179 cm³/mol. The lowest BCUT2D eigenvalue weighted by Crippen LogP contribution is -2.31. The van der Waals surface area contributed by atoms with Crippen molar-refractivity contribution in [1.82, 2.24) is 20.6 Å². The summed E-state index contributed by atoms with van der Waals surface area (Å²) in [5.41, 5.74) is 2.10. The molecule has 0 spiro atoms. The van der Waals surface area contributed by atoms with Gasteiger partial charge in [0.15, 0.2) is 11.5 Å². The number of rotatable bonds is 12. The van der Waals surface area contributed by atoms with Gasteiger partial charge in [-0.25, -0.2) is 14.4 Å². The van der Waals surface area contributed by atoms with E-state index in [1.165, 1.54) is 44.6 Å². The van der Waals surface area contributed by atoms with Crippen molar-refractivity contribution in [3.63, 3.8) is 0 Å². The van der Waals surface area contributed by atoms with Crippen LogP contribution in [0.3, 0.4) is 0 Å². The number of hydrogen-bond acceptors (Lipinski definition) is 8. The van der Waals surface area contributed by atoms with Gasteiger partial charge in [0.1, 0.15) is 26.4 Å². The Bertz CT molecular complexity index is 1780. The van der Waals surface area contributed by atoms with Crippen molar-refractivity contribution in [2.45, 2.75) is 31.8 Å². The van der Waals surface area contributed by atoms with Crippen LogP contribution in [0, 0.1) is 12.7 Å². The van der Waals surface area contributed by atoms with Gasteiger partial charge in [0.25, 0.3) is 11.8 Å². The van der Waals surface area contributed by atoms with Crippen molar-refractivity contribution in [2.24, 2.45) is 0 Å². The monoisotopic (exact) mass is 788 g/mol. The van der Waals surface area contributed by atoms with Crippen LogP contribution in [0.2, 0.25) is 0 Å². The van der Waals surface area contributed by atoms with Crippen LogP contribution in [-0.2, 0) is 9.59 Å². The van der Waals surface area contributed by atoms with Crippen LogP contribution in [0.15, 0.2) is 82.0 Å². The number of pyridine rings is 2. The first-order valence-corrected chi connectivity index (χ1v) is 15.7. The molecule has 12 nitrogen and oxygen atoms in total. The molecule has 0 aliphatic rings. The first-order valence-electron chi connectivity index (χ1n) is 14.1. The zero-order valence-electron chi connectivity index (χ0n) is 25.9. The fraction of sp³-hybridized carbons (Fsp3) is 0.212. The minimum atomic E-state index is -1.16. The lowest BCUT2D eigenvalue weighted by atomic mass is 10.0. The van der Waals surface area contributed by atoms with E-state index in [1.807, 2.05) is 19.1 Å². The number of halogens is 3. The van der Waals surface area contributed by atoms with Crippen molar-refractivity contribution in [2.75, 3.05) is 14.2 Å². The quantitative estimate of drug-likeness (QED) is 0.124. The van der Waals surface area contributed by atoms with Gasteiger partial charge in [-0.2, -0.15) is 0 Å². The SMILES string of the molecule is COc1ccc(C(=O)N[C@@H](CC(=O)O)c2ccc(C)cc2)nc1Br.COc1ccc(C(=O)N[C@@H](CC(=O)O)c2ccccc2F)nc1Br. The summed E-state index contributed by atoms with van der Waals surface area (Å²) in [6, 6.07) is 17.5. The Hall–Kier alpha value is -4.89. The van der Waals surface area contributed by atoms with Crippen LogP contribution >= 0.6 is 31.9 Å². The number of aliphatic carboxylic acids is 2. The Morgan fingerprint density at radius 1 is 0.729 bits per heavy atom. The third-order valence-electron chi connectivity index (χ3n) is 6.66. The van der Waals surface area contributed by atoms with Crippen LogP contribution < -0.4 is 20.1 Å². The summed E-state index contributed by atoms with van der Waals surface area (Å²) in [6.07, 6.45) is -0.671. The van der Waals surface area contributed by atoms with Gasteiger partial charge >= 0.3 is 11.9 Å². The number of aromatic nitrogens is 2. The summed E-state index contributed by atoms with van der Waals surface area (Å²) in [5.74, 6) is -2.86. The summed E-state index contributed by atoms with van der Waals surface area (Å²) >= 11 is 6.39. The average molecular weight is 790 g/mol. The topological polar surface area (TPSA) is 177 Å². The number of carbonyl (C=O) groups excluding carboxylic acids is 2. The third kappa shape index (κ3) is 10.8. The molecule has 0 unspecified atom stereocenters. The van der Waals surface area contributed by atoms with E-state index in [-0.39, 0.29) is 23.4 Å². The molecule has 2 aromatic heterocycles.